The van der Waals surface area contributed by atoms with E-state index < -0.39 is 0 Å². The summed E-state index contributed by atoms with van der Waals surface area (Å²) in [5.74, 6) is 0. The van der Waals surface area contributed by atoms with Crippen molar-refractivity contribution in [2.45, 2.75) is 6.54 Å². The van der Waals surface area contributed by atoms with Crippen LogP contribution in [0.1, 0.15) is 0 Å². The Labute approximate surface area is 127 Å². The first-order valence-electron chi connectivity index (χ1n) is 6.96. The zero-order valence-electron chi connectivity index (χ0n) is 11.9. The monoisotopic (exact) mass is 296 g/mol. The van der Waals surface area contributed by atoms with Gasteiger partial charge in [-0.05, 0) is 18.2 Å². The lowest BCUT2D eigenvalue weighted by atomic mass is 10.2. The smallest absolute Gasteiger partial charge is 0.319 e. The number of hydrogen-bond acceptors (Lipinski definition) is 3. The Bertz CT molecular complexity index is 720. The summed E-state index contributed by atoms with van der Waals surface area (Å²) in [7, 11) is 0. The lowest BCUT2D eigenvalue weighted by Gasteiger charge is -2.07. The molecule has 6 nitrogen and oxygen atoms in total. The molecule has 22 heavy (non-hydrogen) atoms. The Hall–Kier alpha value is -3.02. The van der Waals surface area contributed by atoms with Crippen LogP contribution in [0.15, 0.2) is 65.7 Å². The zero-order chi connectivity index (χ0) is 15.2. The Morgan fingerprint density at radius 2 is 2.05 bits per heavy atom. The number of carbonyl (C=O) groups is 1. The van der Waals surface area contributed by atoms with Crippen LogP contribution in [0.4, 0.5) is 10.5 Å². The topological polar surface area (TPSA) is 72.1 Å². The maximum Gasteiger partial charge on any atom is 0.319 e. The van der Waals surface area contributed by atoms with E-state index in [2.05, 4.69) is 15.7 Å². The predicted molar refractivity (Wildman–Crippen MR) is 83.4 cm³/mol. The molecule has 112 valence electrons. The average molecular weight is 296 g/mol. The molecule has 0 unspecified atom stereocenters. The summed E-state index contributed by atoms with van der Waals surface area (Å²) in [6.45, 7) is 1.09. The summed E-state index contributed by atoms with van der Waals surface area (Å²) in [6, 6.07) is 11.0. The van der Waals surface area contributed by atoms with E-state index in [9.17, 15) is 4.79 Å². The number of nitrogens with zero attached hydrogens (tertiary/aromatic N) is 2. The first-order chi connectivity index (χ1) is 10.8. The van der Waals surface area contributed by atoms with Crippen molar-refractivity contribution in [3.8, 4) is 11.1 Å². The fourth-order valence-corrected chi connectivity index (χ4v) is 2.04. The summed E-state index contributed by atoms with van der Waals surface area (Å²) in [5, 5.41) is 9.81. The number of aromatic nitrogens is 2. The Balaban J connectivity index is 1.46. The van der Waals surface area contributed by atoms with Gasteiger partial charge in [0, 0.05) is 29.6 Å². The normalized spacial score (nSPS) is 10.4. The standard InChI is InChI=1S/C16H16N4O2/c21-16(19-15-4-2-1-3-5-15)17-7-8-20-11-14(10-18-20)13-6-9-22-12-13/h1-6,9-12H,7-8H2,(H2,17,19,21). The molecule has 0 aliphatic heterocycles. The van der Waals surface area contributed by atoms with Crippen molar-refractivity contribution in [2.24, 2.45) is 0 Å². The van der Waals surface area contributed by atoms with Crippen LogP contribution < -0.4 is 10.6 Å². The van der Waals surface area contributed by atoms with Gasteiger partial charge in [0.2, 0.25) is 0 Å². The van der Waals surface area contributed by atoms with Crippen LogP contribution in [0, 0.1) is 0 Å². The van der Waals surface area contributed by atoms with Crippen molar-refractivity contribution in [3.63, 3.8) is 0 Å². The van der Waals surface area contributed by atoms with Gasteiger partial charge in [-0.2, -0.15) is 5.10 Å². The lowest BCUT2D eigenvalue weighted by Crippen LogP contribution is -2.31. The Kier molecular flexibility index (Phi) is 4.20. The van der Waals surface area contributed by atoms with Crippen LogP contribution in [0.5, 0.6) is 0 Å². The molecule has 2 heterocycles. The molecule has 3 rings (SSSR count). The number of furan rings is 1. The number of benzene rings is 1. The lowest BCUT2D eigenvalue weighted by molar-refractivity contribution is 0.251. The minimum atomic E-state index is -0.228. The summed E-state index contributed by atoms with van der Waals surface area (Å²) >= 11 is 0. The highest BCUT2D eigenvalue weighted by atomic mass is 16.3. The second kappa shape index (κ2) is 6.62. The van der Waals surface area contributed by atoms with Gasteiger partial charge in [0.25, 0.3) is 0 Å². The Morgan fingerprint density at radius 1 is 1.18 bits per heavy atom. The SMILES string of the molecule is O=C(NCCn1cc(-c2ccoc2)cn1)Nc1ccccc1. The molecule has 0 fully saturated rings. The number of para-hydroxylation sites is 1. The van der Waals surface area contributed by atoms with Gasteiger partial charge in [0.15, 0.2) is 0 Å². The molecule has 2 aromatic heterocycles. The van der Waals surface area contributed by atoms with Gasteiger partial charge in [0.05, 0.1) is 25.3 Å². The van der Waals surface area contributed by atoms with Gasteiger partial charge in [-0.1, -0.05) is 18.2 Å². The molecule has 0 atom stereocenters. The van der Waals surface area contributed by atoms with E-state index in [0.717, 1.165) is 16.8 Å². The average Bonchev–Trinajstić information content (AvgIpc) is 3.19. The van der Waals surface area contributed by atoms with E-state index in [1.807, 2.05) is 42.6 Å². The third kappa shape index (κ3) is 3.54. The number of nitrogens with one attached hydrogen (secondary N) is 2. The third-order valence-electron chi connectivity index (χ3n) is 3.15. The molecule has 1 aromatic carbocycles. The molecule has 0 bridgehead atoms. The minimum absolute atomic E-state index is 0.228. The molecule has 2 N–H and O–H groups in total. The second-order valence-electron chi connectivity index (χ2n) is 4.75. The summed E-state index contributed by atoms with van der Waals surface area (Å²) in [5.41, 5.74) is 2.74. The van der Waals surface area contributed by atoms with Crippen molar-refractivity contribution in [3.05, 3.63) is 61.3 Å². The first-order valence-corrected chi connectivity index (χ1v) is 6.96. The van der Waals surface area contributed by atoms with Gasteiger partial charge in [0.1, 0.15) is 0 Å². The fraction of sp³-hybridized carbons (Fsp3) is 0.125. The molecule has 0 spiro atoms. The van der Waals surface area contributed by atoms with E-state index in [1.54, 1.807) is 23.4 Å². The molecular weight excluding hydrogens is 280 g/mol. The maximum atomic E-state index is 11.7. The summed E-state index contributed by atoms with van der Waals surface area (Å²) in [6.07, 6.45) is 6.99. The molecule has 0 saturated carbocycles. The highest BCUT2D eigenvalue weighted by Crippen LogP contribution is 2.18. The molecule has 2 amide bonds. The highest BCUT2D eigenvalue weighted by Gasteiger charge is 2.04. The van der Waals surface area contributed by atoms with Crippen molar-refractivity contribution in [1.82, 2.24) is 15.1 Å². The van der Waals surface area contributed by atoms with Crippen molar-refractivity contribution in [1.29, 1.82) is 0 Å². The van der Waals surface area contributed by atoms with E-state index in [0.29, 0.717) is 13.1 Å². The van der Waals surface area contributed by atoms with Gasteiger partial charge in [-0.25, -0.2) is 4.79 Å². The molecular formula is C16H16N4O2. The van der Waals surface area contributed by atoms with E-state index in [4.69, 9.17) is 4.42 Å². The van der Waals surface area contributed by atoms with Crippen LogP contribution in [-0.4, -0.2) is 22.4 Å². The summed E-state index contributed by atoms with van der Waals surface area (Å²) < 4.78 is 6.83. The van der Waals surface area contributed by atoms with Gasteiger partial charge < -0.3 is 15.1 Å². The van der Waals surface area contributed by atoms with Crippen molar-refractivity contribution < 1.29 is 9.21 Å². The predicted octanol–water partition coefficient (Wildman–Crippen LogP) is 2.96. The largest absolute Gasteiger partial charge is 0.472 e. The molecule has 0 aliphatic carbocycles. The number of urea groups is 1. The van der Waals surface area contributed by atoms with Crippen LogP contribution >= 0.6 is 0 Å². The highest BCUT2D eigenvalue weighted by molar-refractivity contribution is 5.89. The molecule has 0 saturated heterocycles. The minimum Gasteiger partial charge on any atom is -0.472 e. The second-order valence-corrected chi connectivity index (χ2v) is 4.75. The van der Waals surface area contributed by atoms with E-state index in [1.165, 1.54) is 0 Å². The van der Waals surface area contributed by atoms with Gasteiger partial charge >= 0.3 is 6.03 Å². The van der Waals surface area contributed by atoms with Crippen LogP contribution in [0.25, 0.3) is 11.1 Å². The fourth-order valence-electron chi connectivity index (χ4n) is 2.04. The van der Waals surface area contributed by atoms with Crippen molar-refractivity contribution >= 4 is 11.7 Å². The van der Waals surface area contributed by atoms with Gasteiger partial charge in [-0.15, -0.1) is 0 Å². The van der Waals surface area contributed by atoms with E-state index >= 15 is 0 Å². The zero-order valence-corrected chi connectivity index (χ0v) is 11.9. The Morgan fingerprint density at radius 3 is 2.82 bits per heavy atom. The van der Waals surface area contributed by atoms with E-state index in [-0.39, 0.29) is 6.03 Å². The third-order valence-corrected chi connectivity index (χ3v) is 3.15. The number of hydrogen-bond donors (Lipinski definition) is 2. The molecule has 6 heteroatoms. The summed E-state index contributed by atoms with van der Waals surface area (Å²) in [4.78, 5) is 11.7. The number of amides is 2. The molecule has 0 aliphatic rings. The molecule has 0 radical (unpaired) electrons. The van der Waals surface area contributed by atoms with Crippen LogP contribution in [0.3, 0.4) is 0 Å². The first kappa shape index (κ1) is 13.9. The van der Waals surface area contributed by atoms with Crippen molar-refractivity contribution in [2.75, 3.05) is 11.9 Å². The van der Waals surface area contributed by atoms with Gasteiger partial charge in [-0.3, -0.25) is 4.68 Å². The molecule has 3 aromatic rings. The van der Waals surface area contributed by atoms with Crippen LogP contribution in [0.2, 0.25) is 0 Å². The number of carbonyl (C=O) groups excluding carboxylic acids is 1. The number of anilines is 1. The maximum absolute atomic E-state index is 11.7. The van der Waals surface area contributed by atoms with Crippen LogP contribution in [-0.2, 0) is 6.54 Å². The quantitative estimate of drug-likeness (QED) is 0.760. The number of rotatable bonds is 5.